The third-order valence-electron chi connectivity index (χ3n) is 4.14. The zero-order valence-electron chi connectivity index (χ0n) is 14.6. The van der Waals surface area contributed by atoms with Crippen molar-refractivity contribution in [1.82, 2.24) is 4.98 Å². The van der Waals surface area contributed by atoms with E-state index in [1.807, 2.05) is 18.2 Å². The highest BCUT2D eigenvalue weighted by Crippen LogP contribution is 2.35. The van der Waals surface area contributed by atoms with Crippen LogP contribution >= 0.6 is 22.9 Å². The van der Waals surface area contributed by atoms with Crippen molar-refractivity contribution in [3.8, 4) is 0 Å². The van der Waals surface area contributed by atoms with Crippen molar-refractivity contribution >= 4 is 44.9 Å². The minimum absolute atomic E-state index is 0.149. The van der Waals surface area contributed by atoms with Gasteiger partial charge in [-0.3, -0.25) is 10.1 Å². The first kappa shape index (κ1) is 19.5. The molecule has 0 saturated heterocycles. The number of thiazole rings is 1. The van der Waals surface area contributed by atoms with Crippen LogP contribution in [0.15, 0.2) is 59.1 Å². The molecule has 0 aliphatic heterocycles. The lowest BCUT2D eigenvalue weighted by atomic mass is 10.1. The smallest absolute Gasteiger partial charge is 0.417 e. The lowest BCUT2D eigenvalue weighted by Gasteiger charge is -2.10. The molecule has 2 aromatic heterocycles. The number of fused-ring (bicyclic) bond motifs is 1. The van der Waals surface area contributed by atoms with Crippen LogP contribution in [0.25, 0.3) is 11.0 Å². The van der Waals surface area contributed by atoms with Gasteiger partial charge in [0.15, 0.2) is 10.9 Å². The number of alkyl halides is 3. The number of benzene rings is 2. The van der Waals surface area contributed by atoms with Crippen LogP contribution in [0.4, 0.5) is 18.3 Å². The number of nitrogens with one attached hydrogen (secondary N) is 1. The van der Waals surface area contributed by atoms with Gasteiger partial charge in [0, 0.05) is 22.9 Å². The molecule has 0 bridgehead atoms. The molecular weight excluding hydrogens is 425 g/mol. The molecule has 0 fully saturated rings. The van der Waals surface area contributed by atoms with Crippen molar-refractivity contribution in [3.63, 3.8) is 0 Å². The van der Waals surface area contributed by atoms with Crippen molar-refractivity contribution in [2.45, 2.75) is 12.6 Å². The molecule has 2 heterocycles. The summed E-state index contributed by atoms with van der Waals surface area (Å²) in [5, 5.41) is 3.44. The van der Waals surface area contributed by atoms with Crippen molar-refractivity contribution in [2.75, 3.05) is 5.32 Å². The number of halogens is 4. The first-order chi connectivity index (χ1) is 13.8. The monoisotopic (exact) mass is 436 g/mol. The molecule has 1 N–H and O–H groups in total. The normalized spacial score (nSPS) is 11.7. The second-order valence-corrected chi connectivity index (χ2v) is 7.75. The molecule has 0 spiro atoms. The van der Waals surface area contributed by atoms with Gasteiger partial charge in [-0.2, -0.15) is 13.2 Å². The van der Waals surface area contributed by atoms with E-state index in [1.54, 1.807) is 12.1 Å². The average molecular weight is 437 g/mol. The molecule has 2 aromatic carbocycles. The van der Waals surface area contributed by atoms with Gasteiger partial charge in [0.1, 0.15) is 5.58 Å². The van der Waals surface area contributed by atoms with E-state index in [0.29, 0.717) is 21.2 Å². The van der Waals surface area contributed by atoms with Gasteiger partial charge in [-0.25, -0.2) is 4.98 Å². The quantitative estimate of drug-likeness (QED) is 0.402. The number of hydrogen-bond donors (Lipinski definition) is 1. The highest BCUT2D eigenvalue weighted by atomic mass is 35.5. The Morgan fingerprint density at radius 3 is 2.72 bits per heavy atom. The highest BCUT2D eigenvalue weighted by molar-refractivity contribution is 7.15. The summed E-state index contributed by atoms with van der Waals surface area (Å²) in [7, 11) is 0. The van der Waals surface area contributed by atoms with Crippen LogP contribution in [0.1, 0.15) is 26.6 Å². The number of hydrogen-bond acceptors (Lipinski definition) is 4. The molecule has 0 atom stereocenters. The topological polar surface area (TPSA) is 55.1 Å². The van der Waals surface area contributed by atoms with Gasteiger partial charge in [0.05, 0.1) is 10.6 Å². The number of nitrogens with zero attached hydrogens (tertiary/aromatic N) is 1. The Hall–Kier alpha value is -2.84. The maximum Gasteiger partial charge on any atom is 0.417 e. The van der Waals surface area contributed by atoms with Crippen LogP contribution in [-0.4, -0.2) is 10.9 Å². The van der Waals surface area contributed by atoms with Crippen LogP contribution < -0.4 is 5.32 Å². The fourth-order valence-electron chi connectivity index (χ4n) is 2.80. The van der Waals surface area contributed by atoms with Crippen molar-refractivity contribution in [2.24, 2.45) is 0 Å². The average Bonchev–Trinajstić information content (AvgIpc) is 3.29. The number of amides is 1. The van der Waals surface area contributed by atoms with E-state index in [1.165, 1.54) is 29.7 Å². The third-order valence-corrected chi connectivity index (χ3v) is 5.38. The molecular formula is C20H12ClF3N2O2S. The molecule has 0 radical (unpaired) electrons. The Morgan fingerprint density at radius 1 is 1.17 bits per heavy atom. The zero-order chi connectivity index (χ0) is 20.6. The number of anilines is 1. The van der Waals surface area contributed by atoms with Crippen LogP contribution in [0, 0.1) is 0 Å². The minimum Gasteiger partial charge on any atom is -0.451 e. The third kappa shape index (κ3) is 4.28. The number of furan rings is 1. The van der Waals surface area contributed by atoms with E-state index < -0.39 is 17.6 Å². The predicted molar refractivity (Wildman–Crippen MR) is 106 cm³/mol. The molecule has 0 aliphatic rings. The number of rotatable bonds is 4. The summed E-state index contributed by atoms with van der Waals surface area (Å²) in [6.45, 7) is 0. The van der Waals surface area contributed by atoms with Gasteiger partial charge < -0.3 is 4.42 Å². The summed E-state index contributed by atoms with van der Waals surface area (Å²) < 4.78 is 44.5. The molecule has 0 saturated carbocycles. The molecule has 29 heavy (non-hydrogen) atoms. The second-order valence-electron chi connectivity index (χ2n) is 6.22. The van der Waals surface area contributed by atoms with Gasteiger partial charge in [0.25, 0.3) is 5.91 Å². The molecule has 1 amide bonds. The Kier molecular flexibility index (Phi) is 5.06. The Balaban J connectivity index is 1.48. The van der Waals surface area contributed by atoms with E-state index in [-0.39, 0.29) is 17.2 Å². The lowest BCUT2D eigenvalue weighted by molar-refractivity contribution is -0.137. The molecule has 9 heteroatoms. The fraction of sp³-hybridized carbons (Fsp3) is 0.100. The molecule has 4 nitrogen and oxygen atoms in total. The van der Waals surface area contributed by atoms with Gasteiger partial charge in [-0.15, -0.1) is 11.3 Å². The summed E-state index contributed by atoms with van der Waals surface area (Å²) in [4.78, 5) is 17.2. The summed E-state index contributed by atoms with van der Waals surface area (Å²) in [6, 6.07) is 12.7. The molecule has 148 valence electrons. The van der Waals surface area contributed by atoms with Crippen LogP contribution in [0.5, 0.6) is 0 Å². The van der Waals surface area contributed by atoms with E-state index in [9.17, 15) is 18.0 Å². The van der Waals surface area contributed by atoms with E-state index in [4.69, 9.17) is 16.0 Å². The standard InChI is InChI=1S/C20H12ClF3N2O2S/c21-15-6-5-11(8-14(15)20(22,23)24)7-13-10-25-19(29-13)26-18(27)17-9-12-3-1-2-4-16(12)28-17/h1-6,8-10H,7H2,(H,25,26,27). The highest BCUT2D eigenvalue weighted by Gasteiger charge is 2.33. The summed E-state index contributed by atoms with van der Waals surface area (Å²) in [5.74, 6) is -0.302. The van der Waals surface area contributed by atoms with E-state index in [0.717, 1.165) is 11.5 Å². The number of aromatic nitrogens is 1. The fourth-order valence-corrected chi connectivity index (χ4v) is 3.87. The first-order valence-electron chi connectivity index (χ1n) is 8.40. The maximum absolute atomic E-state index is 13.0. The largest absolute Gasteiger partial charge is 0.451 e. The van der Waals surface area contributed by atoms with E-state index >= 15 is 0 Å². The van der Waals surface area contributed by atoms with Crippen LogP contribution in [0.2, 0.25) is 5.02 Å². The van der Waals surface area contributed by atoms with Crippen molar-refractivity contribution in [1.29, 1.82) is 0 Å². The first-order valence-corrected chi connectivity index (χ1v) is 9.59. The number of carbonyl (C=O) groups is 1. The molecule has 4 aromatic rings. The second kappa shape index (κ2) is 7.53. The Labute approximate surface area is 171 Å². The SMILES string of the molecule is O=C(Nc1ncc(Cc2ccc(Cl)c(C(F)(F)F)c2)s1)c1cc2ccccc2o1. The predicted octanol–water partition coefficient (Wildman–Crippen LogP) is 6.40. The van der Waals surface area contributed by atoms with Gasteiger partial charge in [-0.1, -0.05) is 35.9 Å². The number of para-hydroxylation sites is 1. The van der Waals surface area contributed by atoms with Gasteiger partial charge in [0.2, 0.25) is 0 Å². The Morgan fingerprint density at radius 2 is 1.97 bits per heavy atom. The number of carbonyl (C=O) groups excluding carboxylic acids is 1. The van der Waals surface area contributed by atoms with Gasteiger partial charge in [-0.05, 0) is 29.8 Å². The van der Waals surface area contributed by atoms with E-state index in [2.05, 4.69) is 10.3 Å². The molecule has 4 rings (SSSR count). The zero-order valence-corrected chi connectivity index (χ0v) is 16.2. The summed E-state index contributed by atoms with van der Waals surface area (Å²) in [5.41, 5.74) is 0.167. The summed E-state index contributed by atoms with van der Waals surface area (Å²) in [6.07, 6.45) is -2.77. The van der Waals surface area contributed by atoms with Gasteiger partial charge >= 0.3 is 6.18 Å². The minimum atomic E-state index is -4.52. The van der Waals surface area contributed by atoms with Crippen molar-refractivity contribution in [3.05, 3.63) is 81.5 Å². The van der Waals surface area contributed by atoms with Crippen molar-refractivity contribution < 1.29 is 22.4 Å². The van der Waals surface area contributed by atoms with Crippen LogP contribution in [-0.2, 0) is 12.6 Å². The molecule has 0 unspecified atom stereocenters. The molecule has 0 aliphatic carbocycles. The van der Waals surface area contributed by atoms with Crippen LogP contribution in [0.3, 0.4) is 0 Å². The Bertz CT molecular complexity index is 1170. The maximum atomic E-state index is 13.0. The summed E-state index contributed by atoms with van der Waals surface area (Å²) >= 11 is 6.82. The lowest BCUT2D eigenvalue weighted by Crippen LogP contribution is -2.10.